The average molecular weight is 707 g/mol. The molecule has 47 heavy (non-hydrogen) atoms. The summed E-state index contributed by atoms with van der Waals surface area (Å²) in [6, 6.07) is 9.28. The molecule has 1 amide bonds. The van der Waals surface area contributed by atoms with Crippen molar-refractivity contribution in [3.05, 3.63) is 58.3 Å². The highest BCUT2D eigenvalue weighted by Gasteiger charge is 2.22. The maximum absolute atomic E-state index is 11.5. The molecule has 0 aliphatic carbocycles. The number of nitrogens with zero attached hydrogens (tertiary/aromatic N) is 6. The van der Waals surface area contributed by atoms with Crippen molar-refractivity contribution in [2.24, 2.45) is 5.92 Å². The lowest BCUT2D eigenvalue weighted by Crippen LogP contribution is -2.47. The summed E-state index contributed by atoms with van der Waals surface area (Å²) < 4.78 is 34.3. The molecule has 1 N–H and O–H groups in total. The largest absolute Gasteiger partial charge is 0.449 e. The monoisotopic (exact) mass is 705 g/mol. The molecule has 5 rings (SSSR count). The lowest BCUT2D eigenvalue weighted by Gasteiger charge is -2.34. The van der Waals surface area contributed by atoms with Crippen LogP contribution in [0.5, 0.6) is 11.6 Å². The topological polar surface area (TPSA) is 130 Å². The van der Waals surface area contributed by atoms with Crippen LogP contribution in [-0.2, 0) is 21.1 Å². The number of hydrogen-bond donors (Lipinski definition) is 1. The molecular formula is C32H41Cl2N7O5S. The number of carbonyl (C=O) groups excluding carboxylic acids is 1. The fourth-order valence-electron chi connectivity index (χ4n) is 5.76. The summed E-state index contributed by atoms with van der Waals surface area (Å²) in [7, 11) is -1.38. The molecule has 0 atom stereocenters. The van der Waals surface area contributed by atoms with Gasteiger partial charge in [0.2, 0.25) is 11.8 Å². The first kappa shape index (κ1) is 35.1. The van der Waals surface area contributed by atoms with Crippen LogP contribution < -0.4 is 15.0 Å². The molecule has 1 aromatic carbocycles. The van der Waals surface area contributed by atoms with E-state index in [1.165, 1.54) is 6.26 Å². The van der Waals surface area contributed by atoms with Crippen LogP contribution in [0.1, 0.15) is 24.8 Å². The van der Waals surface area contributed by atoms with E-state index >= 15 is 0 Å². The number of likely N-dealkylation sites (tertiary alicyclic amines) is 1. The van der Waals surface area contributed by atoms with E-state index < -0.39 is 15.9 Å². The smallest absolute Gasteiger partial charge is 0.406 e. The van der Waals surface area contributed by atoms with E-state index in [4.69, 9.17) is 37.7 Å². The molecule has 0 spiro atoms. The summed E-state index contributed by atoms with van der Waals surface area (Å²) in [5, 5.41) is 3.52. The minimum Gasteiger partial charge on any atom is -0.449 e. The van der Waals surface area contributed by atoms with Crippen molar-refractivity contribution in [3.8, 4) is 22.9 Å². The van der Waals surface area contributed by atoms with Crippen LogP contribution in [0.3, 0.4) is 0 Å². The second-order valence-electron chi connectivity index (χ2n) is 12.1. The minimum absolute atomic E-state index is 0.208. The van der Waals surface area contributed by atoms with Crippen LogP contribution in [0, 0.1) is 5.92 Å². The number of nitrogens with one attached hydrogen (secondary N) is 1. The van der Waals surface area contributed by atoms with Crippen molar-refractivity contribution in [1.82, 2.24) is 30.1 Å². The molecule has 254 valence electrons. The molecule has 2 aliphatic heterocycles. The van der Waals surface area contributed by atoms with Crippen LogP contribution >= 0.6 is 23.2 Å². The van der Waals surface area contributed by atoms with E-state index in [0.717, 1.165) is 69.8 Å². The summed E-state index contributed by atoms with van der Waals surface area (Å²) in [5.41, 5.74) is 2.48. The number of sulfone groups is 1. The minimum atomic E-state index is -2.94. The number of piperazine rings is 1. The molecule has 4 heterocycles. The summed E-state index contributed by atoms with van der Waals surface area (Å²) in [6.07, 6.45) is 6.68. The summed E-state index contributed by atoms with van der Waals surface area (Å²) in [5.74, 6) is 2.03. The van der Waals surface area contributed by atoms with Gasteiger partial charge in [0, 0.05) is 67.7 Å². The predicted octanol–water partition coefficient (Wildman–Crippen LogP) is 4.76. The maximum atomic E-state index is 11.5. The molecule has 0 radical (unpaired) electrons. The Balaban J connectivity index is 1.23. The zero-order valence-electron chi connectivity index (χ0n) is 26.7. The highest BCUT2D eigenvalue weighted by molar-refractivity contribution is 7.90. The Labute approximate surface area is 286 Å². The third kappa shape index (κ3) is 10.9. The van der Waals surface area contributed by atoms with Crippen LogP contribution in [0.25, 0.3) is 11.3 Å². The number of rotatable bonds is 12. The first-order valence-electron chi connectivity index (χ1n) is 15.7. The predicted molar refractivity (Wildman–Crippen MR) is 183 cm³/mol. The molecule has 15 heteroatoms. The molecule has 3 aromatic rings. The van der Waals surface area contributed by atoms with Gasteiger partial charge < -0.3 is 19.7 Å². The van der Waals surface area contributed by atoms with Gasteiger partial charge in [-0.25, -0.2) is 28.2 Å². The van der Waals surface area contributed by atoms with Crippen LogP contribution in [0.2, 0.25) is 10.0 Å². The van der Waals surface area contributed by atoms with Crippen molar-refractivity contribution in [2.75, 3.05) is 76.4 Å². The summed E-state index contributed by atoms with van der Waals surface area (Å²) >= 11 is 12.7. The van der Waals surface area contributed by atoms with Gasteiger partial charge in [-0.05, 0) is 74.6 Å². The fourth-order valence-corrected chi connectivity index (χ4v) is 6.93. The van der Waals surface area contributed by atoms with Gasteiger partial charge in [-0.1, -0.05) is 23.2 Å². The maximum Gasteiger partial charge on any atom is 0.406 e. The number of piperidine rings is 1. The molecule has 12 nitrogen and oxygen atoms in total. The third-order valence-electron chi connectivity index (χ3n) is 8.27. The van der Waals surface area contributed by atoms with E-state index in [1.54, 1.807) is 25.5 Å². The van der Waals surface area contributed by atoms with Crippen molar-refractivity contribution in [2.45, 2.75) is 25.8 Å². The Kier molecular flexibility index (Phi) is 12.1. The van der Waals surface area contributed by atoms with Gasteiger partial charge in [-0.15, -0.1) is 0 Å². The number of amides is 1. The number of alkyl carbamates (subject to hydrolysis) is 1. The number of anilines is 1. The molecule has 2 saturated heterocycles. The zero-order chi connectivity index (χ0) is 33.4. The molecule has 0 saturated carbocycles. The number of aromatic nitrogens is 3. The Bertz CT molecular complexity index is 1590. The molecule has 0 unspecified atom stereocenters. The van der Waals surface area contributed by atoms with Crippen LogP contribution in [0.15, 0.2) is 42.7 Å². The number of carbonyl (C=O) groups is 1. The van der Waals surface area contributed by atoms with E-state index in [0.29, 0.717) is 58.8 Å². The van der Waals surface area contributed by atoms with Crippen molar-refractivity contribution in [3.63, 3.8) is 0 Å². The Hall–Kier alpha value is -3.23. The normalized spacial score (nSPS) is 16.6. The van der Waals surface area contributed by atoms with Gasteiger partial charge in [0.05, 0.1) is 30.4 Å². The van der Waals surface area contributed by atoms with Gasteiger partial charge in [0.15, 0.2) is 5.75 Å². The van der Waals surface area contributed by atoms with Crippen molar-refractivity contribution in [1.29, 1.82) is 0 Å². The lowest BCUT2D eigenvalue weighted by atomic mass is 9.97. The van der Waals surface area contributed by atoms with Gasteiger partial charge >= 0.3 is 6.09 Å². The quantitative estimate of drug-likeness (QED) is 0.280. The molecule has 2 aliphatic rings. The zero-order valence-corrected chi connectivity index (χ0v) is 29.0. The van der Waals surface area contributed by atoms with Gasteiger partial charge in [0.1, 0.15) is 9.84 Å². The fraction of sp³-hybridized carbons (Fsp3) is 0.500. The van der Waals surface area contributed by atoms with E-state index in [-0.39, 0.29) is 5.75 Å². The van der Waals surface area contributed by atoms with Crippen molar-refractivity contribution < 1.29 is 22.7 Å². The Morgan fingerprint density at radius 1 is 0.957 bits per heavy atom. The summed E-state index contributed by atoms with van der Waals surface area (Å²) in [6.45, 7) is 6.78. The number of hydrogen-bond acceptors (Lipinski definition) is 11. The first-order valence-corrected chi connectivity index (χ1v) is 18.5. The van der Waals surface area contributed by atoms with E-state index in [1.807, 2.05) is 24.3 Å². The Morgan fingerprint density at radius 3 is 2.28 bits per heavy atom. The second kappa shape index (κ2) is 16.2. The summed E-state index contributed by atoms with van der Waals surface area (Å²) in [4.78, 5) is 32.1. The molecular weight excluding hydrogens is 665 g/mol. The number of ether oxygens (including phenoxy) is 2. The van der Waals surface area contributed by atoms with Crippen LogP contribution in [0.4, 0.5) is 10.7 Å². The molecule has 2 fully saturated rings. The SMILES string of the molecule is CNC(=O)OCC1CCN(Cc2cc(Oc3cnc(N4CCN(CCCS(C)(=O)=O)CC4)nc3)nc(-c3cc(Cl)cc(Cl)c3)c2)CC1. The molecule has 0 bridgehead atoms. The third-order valence-corrected chi connectivity index (χ3v) is 9.74. The van der Waals surface area contributed by atoms with Crippen LogP contribution in [-0.4, -0.2) is 111 Å². The van der Waals surface area contributed by atoms with E-state index in [9.17, 15) is 13.2 Å². The lowest BCUT2D eigenvalue weighted by molar-refractivity contribution is 0.0955. The van der Waals surface area contributed by atoms with Gasteiger partial charge in [-0.3, -0.25) is 9.80 Å². The number of pyridine rings is 1. The number of halogens is 2. The average Bonchev–Trinajstić information content (AvgIpc) is 3.04. The van der Waals surface area contributed by atoms with Gasteiger partial charge in [0.25, 0.3) is 0 Å². The molecule has 2 aromatic heterocycles. The highest BCUT2D eigenvalue weighted by atomic mass is 35.5. The Morgan fingerprint density at radius 2 is 1.64 bits per heavy atom. The first-order chi connectivity index (χ1) is 22.5. The van der Waals surface area contributed by atoms with E-state index in [2.05, 4.69) is 30.0 Å². The number of benzene rings is 1. The standard InChI is InChI=1S/C32H41Cl2N7O5S/c1-35-32(42)45-22-23-4-7-40(8-5-23)21-24-14-29(25-16-26(33)18-27(34)17-25)38-30(15-24)46-28-19-36-31(37-20-28)41-11-9-39(10-12-41)6-3-13-47(2,43)44/h14-20,23H,3-13,21-22H2,1-2H3,(H,35,42). The highest BCUT2D eigenvalue weighted by Crippen LogP contribution is 2.31. The second-order valence-corrected chi connectivity index (χ2v) is 15.2. The van der Waals surface area contributed by atoms with Gasteiger partial charge in [-0.2, -0.15) is 0 Å². The van der Waals surface area contributed by atoms with Crippen molar-refractivity contribution >= 4 is 45.1 Å².